The first-order valence-corrected chi connectivity index (χ1v) is 6.57. The van der Waals surface area contributed by atoms with Crippen molar-refractivity contribution in [2.45, 2.75) is 32.1 Å². The Labute approximate surface area is 120 Å². The lowest BCUT2D eigenvalue weighted by molar-refractivity contribution is -0.144. The van der Waals surface area contributed by atoms with Gasteiger partial charge in [0.1, 0.15) is 0 Å². The number of hydrogen-bond acceptors (Lipinski definition) is 4. The lowest BCUT2D eigenvalue weighted by Crippen LogP contribution is -2.25. The van der Waals surface area contributed by atoms with E-state index in [4.69, 9.17) is 20.4 Å². The summed E-state index contributed by atoms with van der Waals surface area (Å²) in [7, 11) is 0. The summed E-state index contributed by atoms with van der Waals surface area (Å²) in [5, 5.41) is 35.6. The van der Waals surface area contributed by atoms with Crippen LogP contribution in [-0.2, 0) is 19.2 Å². The smallest absolute Gasteiger partial charge is 0.303 e. The van der Waals surface area contributed by atoms with E-state index in [9.17, 15) is 19.2 Å². The van der Waals surface area contributed by atoms with E-state index in [1.165, 1.54) is 0 Å². The Morgan fingerprint density at radius 2 is 0.905 bits per heavy atom. The van der Waals surface area contributed by atoms with Crippen LogP contribution in [0.4, 0.5) is 0 Å². The number of aliphatic carboxylic acids is 4. The molecule has 0 aromatic carbocycles. The van der Waals surface area contributed by atoms with Gasteiger partial charge in [0.2, 0.25) is 0 Å². The highest BCUT2D eigenvalue weighted by atomic mass is 16.4. The first kappa shape index (κ1) is 16.9. The summed E-state index contributed by atoms with van der Waals surface area (Å²) in [6.45, 7) is 0. The zero-order chi connectivity index (χ0) is 16.2. The van der Waals surface area contributed by atoms with Crippen molar-refractivity contribution >= 4 is 23.9 Å². The van der Waals surface area contributed by atoms with Crippen molar-refractivity contribution in [3.8, 4) is 0 Å². The zero-order valence-electron chi connectivity index (χ0n) is 11.3. The molecule has 1 aliphatic rings. The summed E-state index contributed by atoms with van der Waals surface area (Å²) >= 11 is 0. The Kier molecular flexibility index (Phi) is 5.69. The van der Waals surface area contributed by atoms with E-state index in [1.807, 2.05) is 0 Å². The maximum Gasteiger partial charge on any atom is 0.303 e. The van der Waals surface area contributed by atoms with Gasteiger partial charge in [0.15, 0.2) is 0 Å². The fourth-order valence-corrected chi connectivity index (χ4v) is 3.39. The Morgan fingerprint density at radius 1 is 0.619 bits per heavy atom. The average Bonchev–Trinajstić information content (AvgIpc) is 2.55. The van der Waals surface area contributed by atoms with Crippen molar-refractivity contribution in [1.82, 2.24) is 0 Å². The second-order valence-electron chi connectivity index (χ2n) is 5.48. The SMILES string of the molecule is O=C(O)CC1CC(CC(=O)O)C(CC(=O)O)C1CC(=O)O. The molecule has 4 N–H and O–H groups in total. The molecule has 0 bridgehead atoms. The molecule has 0 saturated heterocycles. The average molecular weight is 302 g/mol. The summed E-state index contributed by atoms with van der Waals surface area (Å²) in [6.07, 6.45) is -0.999. The molecule has 1 aliphatic carbocycles. The molecule has 0 amide bonds. The molecule has 8 nitrogen and oxygen atoms in total. The lowest BCUT2D eigenvalue weighted by atomic mass is 9.81. The molecule has 0 aromatic rings. The molecule has 118 valence electrons. The van der Waals surface area contributed by atoms with Crippen molar-refractivity contribution in [3.63, 3.8) is 0 Å². The van der Waals surface area contributed by atoms with Gasteiger partial charge in [-0.3, -0.25) is 19.2 Å². The second kappa shape index (κ2) is 7.05. The maximum atomic E-state index is 10.9. The summed E-state index contributed by atoms with van der Waals surface area (Å²) in [5.41, 5.74) is 0. The van der Waals surface area contributed by atoms with Crippen LogP contribution in [0.2, 0.25) is 0 Å². The largest absolute Gasteiger partial charge is 0.481 e. The Balaban J connectivity index is 2.99. The number of hydrogen-bond donors (Lipinski definition) is 4. The number of rotatable bonds is 8. The molecule has 0 radical (unpaired) electrons. The number of carbonyl (C=O) groups is 4. The normalized spacial score (nSPS) is 28.2. The lowest BCUT2D eigenvalue weighted by Gasteiger charge is -2.23. The minimum atomic E-state index is -1.14. The van der Waals surface area contributed by atoms with Gasteiger partial charge in [0.05, 0.1) is 0 Å². The van der Waals surface area contributed by atoms with Gasteiger partial charge in [-0.05, 0) is 30.1 Å². The Bertz CT molecular complexity index is 403. The zero-order valence-corrected chi connectivity index (χ0v) is 11.3. The summed E-state index contributed by atoms with van der Waals surface area (Å²) < 4.78 is 0. The van der Waals surface area contributed by atoms with Crippen LogP contribution >= 0.6 is 0 Å². The first-order valence-electron chi connectivity index (χ1n) is 6.57. The molecule has 4 unspecified atom stereocenters. The van der Waals surface area contributed by atoms with Crippen LogP contribution in [0, 0.1) is 23.7 Å². The van der Waals surface area contributed by atoms with Gasteiger partial charge < -0.3 is 20.4 Å². The minimum Gasteiger partial charge on any atom is -0.481 e. The number of carboxylic acid groups (broad SMARTS) is 4. The van der Waals surface area contributed by atoms with Gasteiger partial charge >= 0.3 is 23.9 Å². The van der Waals surface area contributed by atoms with Gasteiger partial charge in [0.25, 0.3) is 0 Å². The fourth-order valence-electron chi connectivity index (χ4n) is 3.39. The first-order chi connectivity index (χ1) is 9.70. The molecule has 0 aromatic heterocycles. The van der Waals surface area contributed by atoms with E-state index in [-0.39, 0.29) is 32.1 Å². The standard InChI is InChI=1S/C13H18O8/c14-10(15)2-6-1-7(3-11(16)17)9(5-13(20)21)8(6)4-12(18)19/h6-9H,1-5H2,(H,14,15)(H,16,17)(H,18,19)(H,20,21). The van der Waals surface area contributed by atoms with E-state index < -0.39 is 47.5 Å². The second-order valence-corrected chi connectivity index (χ2v) is 5.48. The molecule has 1 rings (SSSR count). The summed E-state index contributed by atoms with van der Waals surface area (Å²) in [5.74, 6) is -6.73. The van der Waals surface area contributed by atoms with Gasteiger partial charge in [0, 0.05) is 25.7 Å². The molecular formula is C13H18O8. The highest BCUT2D eigenvalue weighted by molar-refractivity contribution is 5.71. The molecule has 8 heteroatoms. The van der Waals surface area contributed by atoms with Crippen molar-refractivity contribution in [2.75, 3.05) is 0 Å². The van der Waals surface area contributed by atoms with E-state index in [0.29, 0.717) is 0 Å². The molecule has 0 spiro atoms. The molecule has 4 atom stereocenters. The van der Waals surface area contributed by atoms with Crippen LogP contribution in [0.5, 0.6) is 0 Å². The Hall–Kier alpha value is -2.12. The molecule has 1 saturated carbocycles. The van der Waals surface area contributed by atoms with E-state index in [2.05, 4.69) is 0 Å². The van der Waals surface area contributed by atoms with Crippen molar-refractivity contribution in [2.24, 2.45) is 23.7 Å². The van der Waals surface area contributed by atoms with Crippen molar-refractivity contribution < 1.29 is 39.6 Å². The van der Waals surface area contributed by atoms with Crippen molar-refractivity contribution in [3.05, 3.63) is 0 Å². The van der Waals surface area contributed by atoms with Gasteiger partial charge in [-0.1, -0.05) is 0 Å². The summed E-state index contributed by atoms with van der Waals surface area (Å²) in [6, 6.07) is 0. The van der Waals surface area contributed by atoms with Crippen LogP contribution in [0.3, 0.4) is 0 Å². The van der Waals surface area contributed by atoms with Crippen LogP contribution in [0.25, 0.3) is 0 Å². The fraction of sp³-hybridized carbons (Fsp3) is 0.692. The molecule has 21 heavy (non-hydrogen) atoms. The van der Waals surface area contributed by atoms with E-state index in [0.717, 1.165) is 0 Å². The van der Waals surface area contributed by atoms with Gasteiger partial charge in [-0.2, -0.15) is 0 Å². The quantitative estimate of drug-likeness (QED) is 0.513. The Morgan fingerprint density at radius 3 is 1.14 bits per heavy atom. The predicted molar refractivity (Wildman–Crippen MR) is 67.6 cm³/mol. The highest BCUT2D eigenvalue weighted by Crippen LogP contribution is 2.48. The topological polar surface area (TPSA) is 149 Å². The van der Waals surface area contributed by atoms with E-state index in [1.54, 1.807) is 0 Å². The minimum absolute atomic E-state index is 0.231. The third-order valence-electron chi connectivity index (χ3n) is 4.06. The van der Waals surface area contributed by atoms with Gasteiger partial charge in [-0.25, -0.2) is 0 Å². The van der Waals surface area contributed by atoms with Gasteiger partial charge in [-0.15, -0.1) is 0 Å². The molecule has 1 fully saturated rings. The summed E-state index contributed by atoms with van der Waals surface area (Å²) in [4.78, 5) is 43.6. The van der Waals surface area contributed by atoms with Crippen LogP contribution in [0.1, 0.15) is 32.1 Å². The highest BCUT2D eigenvalue weighted by Gasteiger charge is 2.45. The van der Waals surface area contributed by atoms with Crippen LogP contribution in [0.15, 0.2) is 0 Å². The monoisotopic (exact) mass is 302 g/mol. The molecule has 0 heterocycles. The van der Waals surface area contributed by atoms with E-state index >= 15 is 0 Å². The number of carboxylic acids is 4. The molecular weight excluding hydrogens is 284 g/mol. The van der Waals surface area contributed by atoms with Crippen LogP contribution < -0.4 is 0 Å². The van der Waals surface area contributed by atoms with Crippen molar-refractivity contribution in [1.29, 1.82) is 0 Å². The third-order valence-corrected chi connectivity index (χ3v) is 4.06. The molecule has 0 aliphatic heterocycles. The van der Waals surface area contributed by atoms with Crippen LogP contribution in [-0.4, -0.2) is 44.3 Å². The maximum absolute atomic E-state index is 10.9. The predicted octanol–water partition coefficient (Wildman–Crippen LogP) is 0.754. The third kappa shape index (κ3) is 5.05.